The van der Waals surface area contributed by atoms with Crippen molar-refractivity contribution in [1.82, 2.24) is 0 Å². The molecule has 1 aromatic carbocycles. The van der Waals surface area contributed by atoms with Crippen molar-refractivity contribution in [1.29, 1.82) is 0 Å². The van der Waals surface area contributed by atoms with Crippen LogP contribution in [0.25, 0.3) is 0 Å². The molecule has 0 aliphatic heterocycles. The Labute approximate surface area is 77.2 Å². The normalized spacial score (nSPS) is 10.1. The molecule has 0 saturated heterocycles. The van der Waals surface area contributed by atoms with E-state index in [1.165, 1.54) is 0 Å². The number of aryl methyl sites for hydroxylation is 1. The lowest BCUT2D eigenvalue weighted by Crippen LogP contribution is -2.14. The van der Waals surface area contributed by atoms with Gasteiger partial charge in [-0.05, 0) is 19.4 Å². The molecular formula is C10H13NO2. The highest BCUT2D eigenvalue weighted by Gasteiger charge is 2.11. The van der Waals surface area contributed by atoms with E-state index in [4.69, 9.17) is 5.73 Å². The van der Waals surface area contributed by atoms with Gasteiger partial charge in [-0.25, -0.2) is 0 Å². The van der Waals surface area contributed by atoms with Crippen molar-refractivity contribution in [2.45, 2.75) is 13.8 Å². The quantitative estimate of drug-likeness (QED) is 0.669. The molecule has 0 radical (unpaired) electrons. The number of ketones is 1. The summed E-state index contributed by atoms with van der Waals surface area (Å²) < 4.78 is 0. The molecule has 3 N–H and O–H groups in total. The highest BCUT2D eigenvalue weighted by Crippen LogP contribution is 2.24. The molecule has 0 aliphatic rings. The summed E-state index contributed by atoms with van der Waals surface area (Å²) in [6.07, 6.45) is 0. The van der Waals surface area contributed by atoms with Crippen LogP contribution >= 0.6 is 0 Å². The molecule has 13 heavy (non-hydrogen) atoms. The SMILES string of the molecule is Cc1ccc(C(=O)CN)c(C)c1O. The van der Waals surface area contributed by atoms with Crippen molar-refractivity contribution in [3.63, 3.8) is 0 Å². The molecule has 1 rings (SSSR count). The molecule has 0 aliphatic carbocycles. The minimum Gasteiger partial charge on any atom is -0.507 e. The largest absolute Gasteiger partial charge is 0.507 e. The topological polar surface area (TPSA) is 63.3 Å². The minimum atomic E-state index is -0.146. The first-order valence-corrected chi connectivity index (χ1v) is 4.10. The van der Waals surface area contributed by atoms with Crippen LogP contribution in [-0.4, -0.2) is 17.4 Å². The van der Waals surface area contributed by atoms with E-state index >= 15 is 0 Å². The fourth-order valence-electron chi connectivity index (χ4n) is 1.25. The predicted molar refractivity (Wildman–Crippen MR) is 51.0 cm³/mol. The van der Waals surface area contributed by atoms with E-state index in [0.717, 1.165) is 5.56 Å². The lowest BCUT2D eigenvalue weighted by molar-refractivity contribution is 0.100. The lowest BCUT2D eigenvalue weighted by Gasteiger charge is -2.07. The minimum absolute atomic E-state index is 0.0245. The van der Waals surface area contributed by atoms with E-state index < -0.39 is 0 Å². The first-order valence-electron chi connectivity index (χ1n) is 4.10. The Bertz CT molecular complexity index is 345. The second-order valence-electron chi connectivity index (χ2n) is 3.03. The van der Waals surface area contributed by atoms with Gasteiger partial charge in [0.1, 0.15) is 5.75 Å². The monoisotopic (exact) mass is 179 g/mol. The summed E-state index contributed by atoms with van der Waals surface area (Å²) in [6, 6.07) is 3.41. The van der Waals surface area contributed by atoms with Gasteiger partial charge in [-0.15, -0.1) is 0 Å². The van der Waals surface area contributed by atoms with Gasteiger partial charge >= 0.3 is 0 Å². The number of benzene rings is 1. The molecule has 0 heterocycles. The van der Waals surface area contributed by atoms with Crippen molar-refractivity contribution in [2.75, 3.05) is 6.54 Å². The van der Waals surface area contributed by atoms with Crippen LogP contribution < -0.4 is 5.73 Å². The zero-order valence-electron chi connectivity index (χ0n) is 7.79. The van der Waals surface area contributed by atoms with Gasteiger partial charge in [0.05, 0.1) is 6.54 Å². The smallest absolute Gasteiger partial charge is 0.176 e. The van der Waals surface area contributed by atoms with E-state index in [1.54, 1.807) is 26.0 Å². The van der Waals surface area contributed by atoms with Crippen LogP contribution in [0.2, 0.25) is 0 Å². The van der Waals surface area contributed by atoms with Gasteiger partial charge in [-0.1, -0.05) is 12.1 Å². The van der Waals surface area contributed by atoms with Crippen LogP contribution in [0, 0.1) is 13.8 Å². The summed E-state index contributed by atoms with van der Waals surface area (Å²) in [4.78, 5) is 11.3. The number of rotatable bonds is 2. The molecule has 3 heteroatoms. The Balaban J connectivity index is 3.26. The van der Waals surface area contributed by atoms with Crippen LogP contribution in [-0.2, 0) is 0 Å². The van der Waals surface area contributed by atoms with Crippen LogP contribution in [0.5, 0.6) is 5.75 Å². The standard InChI is InChI=1S/C10H13NO2/c1-6-3-4-8(9(12)5-11)7(2)10(6)13/h3-4,13H,5,11H2,1-2H3. The molecule has 0 atom stereocenters. The Morgan fingerprint density at radius 2 is 2.08 bits per heavy atom. The molecule has 70 valence electrons. The van der Waals surface area contributed by atoms with Gasteiger partial charge in [0.15, 0.2) is 5.78 Å². The molecule has 0 spiro atoms. The van der Waals surface area contributed by atoms with E-state index in [1.807, 2.05) is 0 Å². The maximum atomic E-state index is 11.3. The summed E-state index contributed by atoms with van der Waals surface area (Å²) >= 11 is 0. The fraction of sp³-hybridized carbons (Fsp3) is 0.300. The molecule has 3 nitrogen and oxygen atoms in total. The van der Waals surface area contributed by atoms with E-state index in [-0.39, 0.29) is 18.1 Å². The van der Waals surface area contributed by atoms with Gasteiger partial charge in [0.2, 0.25) is 0 Å². The third kappa shape index (κ3) is 1.70. The molecule has 0 amide bonds. The Morgan fingerprint density at radius 1 is 1.46 bits per heavy atom. The summed E-state index contributed by atoms with van der Waals surface area (Å²) in [5, 5.41) is 9.54. The second kappa shape index (κ2) is 3.58. The average Bonchev–Trinajstić information content (AvgIpc) is 2.13. The zero-order valence-corrected chi connectivity index (χ0v) is 7.79. The predicted octanol–water partition coefficient (Wildman–Crippen LogP) is 1.15. The van der Waals surface area contributed by atoms with Crippen molar-refractivity contribution >= 4 is 5.78 Å². The van der Waals surface area contributed by atoms with Crippen LogP contribution in [0.1, 0.15) is 21.5 Å². The molecule has 0 fully saturated rings. The maximum Gasteiger partial charge on any atom is 0.176 e. The lowest BCUT2D eigenvalue weighted by atomic mass is 10.0. The number of nitrogens with two attached hydrogens (primary N) is 1. The molecular weight excluding hydrogens is 166 g/mol. The number of aromatic hydroxyl groups is 1. The van der Waals surface area contributed by atoms with Gasteiger partial charge < -0.3 is 10.8 Å². The van der Waals surface area contributed by atoms with Gasteiger partial charge in [-0.2, -0.15) is 0 Å². The highest BCUT2D eigenvalue weighted by molar-refractivity contribution is 5.99. The van der Waals surface area contributed by atoms with E-state index in [9.17, 15) is 9.90 Å². The summed E-state index contributed by atoms with van der Waals surface area (Å²) in [7, 11) is 0. The number of carbonyl (C=O) groups excluding carboxylic acids is 1. The Hall–Kier alpha value is -1.35. The number of hydrogen-bond donors (Lipinski definition) is 2. The number of carbonyl (C=O) groups is 1. The van der Waals surface area contributed by atoms with E-state index in [0.29, 0.717) is 11.1 Å². The van der Waals surface area contributed by atoms with Crippen LogP contribution in [0.15, 0.2) is 12.1 Å². The summed E-state index contributed by atoms with van der Waals surface area (Å²) in [5.41, 5.74) is 7.11. The van der Waals surface area contributed by atoms with Crippen LogP contribution in [0.4, 0.5) is 0 Å². The summed E-state index contributed by atoms with van der Waals surface area (Å²) in [5.74, 6) is 0.0344. The molecule has 1 aromatic rings. The first kappa shape index (κ1) is 9.74. The van der Waals surface area contributed by atoms with Crippen molar-refractivity contribution in [2.24, 2.45) is 5.73 Å². The van der Waals surface area contributed by atoms with Gasteiger partial charge in [0.25, 0.3) is 0 Å². The fourth-order valence-corrected chi connectivity index (χ4v) is 1.25. The van der Waals surface area contributed by atoms with Crippen LogP contribution in [0.3, 0.4) is 0 Å². The number of phenols is 1. The Kier molecular flexibility index (Phi) is 2.68. The highest BCUT2D eigenvalue weighted by atomic mass is 16.3. The molecule has 0 saturated carbocycles. The van der Waals surface area contributed by atoms with Gasteiger partial charge in [0, 0.05) is 11.1 Å². The zero-order chi connectivity index (χ0) is 10.0. The number of hydrogen-bond acceptors (Lipinski definition) is 3. The first-order chi connectivity index (χ1) is 6.07. The average molecular weight is 179 g/mol. The van der Waals surface area contributed by atoms with Crippen molar-refractivity contribution in [3.05, 3.63) is 28.8 Å². The third-order valence-corrected chi connectivity index (χ3v) is 2.12. The molecule has 0 bridgehead atoms. The van der Waals surface area contributed by atoms with Crippen molar-refractivity contribution in [3.8, 4) is 5.75 Å². The molecule has 0 unspecified atom stereocenters. The Morgan fingerprint density at radius 3 is 2.62 bits per heavy atom. The summed E-state index contributed by atoms with van der Waals surface area (Å²) in [6.45, 7) is 3.48. The van der Waals surface area contributed by atoms with Gasteiger partial charge in [-0.3, -0.25) is 4.79 Å². The number of Topliss-reactive ketones (excluding diaryl/α,β-unsaturated/α-hetero) is 1. The number of phenolic OH excluding ortho intramolecular Hbond substituents is 1. The van der Waals surface area contributed by atoms with E-state index in [2.05, 4.69) is 0 Å². The van der Waals surface area contributed by atoms with Crippen molar-refractivity contribution < 1.29 is 9.90 Å². The second-order valence-corrected chi connectivity index (χ2v) is 3.03. The molecule has 0 aromatic heterocycles. The third-order valence-electron chi connectivity index (χ3n) is 2.12. The maximum absolute atomic E-state index is 11.3.